The van der Waals surface area contributed by atoms with E-state index >= 15 is 0 Å². The smallest absolute Gasteiger partial charge is 0.317 e. The summed E-state index contributed by atoms with van der Waals surface area (Å²) in [4.78, 5) is 25.5. The molecule has 0 heterocycles. The minimum atomic E-state index is -0.851. The summed E-state index contributed by atoms with van der Waals surface area (Å²) >= 11 is 0. The molecule has 0 bridgehead atoms. The number of rotatable bonds is 5. The van der Waals surface area contributed by atoms with E-state index in [1.165, 1.54) is 0 Å². The van der Waals surface area contributed by atoms with Crippen molar-refractivity contribution < 1.29 is 19.1 Å². The molecule has 4 heteroatoms. The number of carbonyl (C=O) groups is 2. The maximum absolute atomic E-state index is 12.9. The molecule has 0 saturated heterocycles. The first-order chi connectivity index (χ1) is 13.0. The maximum atomic E-state index is 12.9. The first-order valence-corrected chi connectivity index (χ1v) is 9.16. The van der Waals surface area contributed by atoms with Gasteiger partial charge in [-0.05, 0) is 49.1 Å². The van der Waals surface area contributed by atoms with Gasteiger partial charge in [0, 0.05) is 5.92 Å². The molecule has 4 nitrogen and oxygen atoms in total. The Labute approximate surface area is 159 Å². The molecule has 0 radical (unpaired) electrons. The van der Waals surface area contributed by atoms with Crippen molar-refractivity contribution in [2.45, 2.75) is 26.2 Å². The van der Waals surface area contributed by atoms with Crippen molar-refractivity contribution >= 4 is 17.3 Å². The molecule has 0 aromatic heterocycles. The molecular formula is C23H24O4. The maximum Gasteiger partial charge on any atom is 0.317 e. The highest BCUT2D eigenvalue weighted by Gasteiger charge is 2.40. The lowest BCUT2D eigenvalue weighted by molar-refractivity contribution is -0.151. The predicted octanol–water partition coefficient (Wildman–Crippen LogP) is 4.32. The van der Waals surface area contributed by atoms with Gasteiger partial charge in [-0.1, -0.05) is 48.0 Å². The number of methoxy groups -OCH3 is 1. The molecule has 27 heavy (non-hydrogen) atoms. The fourth-order valence-electron chi connectivity index (χ4n) is 3.62. The van der Waals surface area contributed by atoms with Crippen LogP contribution in [-0.4, -0.2) is 25.5 Å². The van der Waals surface area contributed by atoms with Crippen LogP contribution in [0.25, 0.3) is 5.57 Å². The van der Waals surface area contributed by atoms with E-state index in [2.05, 4.69) is 0 Å². The van der Waals surface area contributed by atoms with E-state index in [1.54, 1.807) is 20.1 Å². The Morgan fingerprint density at radius 2 is 1.81 bits per heavy atom. The zero-order valence-corrected chi connectivity index (χ0v) is 15.9. The summed E-state index contributed by atoms with van der Waals surface area (Å²) in [5.74, 6) is -1.19. The van der Waals surface area contributed by atoms with Crippen LogP contribution < -0.4 is 4.74 Å². The highest BCUT2D eigenvalue weighted by molar-refractivity contribution is 6.10. The van der Waals surface area contributed by atoms with Crippen molar-refractivity contribution in [3.05, 3.63) is 71.3 Å². The highest BCUT2D eigenvalue weighted by atomic mass is 16.5. The highest BCUT2D eigenvalue weighted by Crippen LogP contribution is 2.43. The lowest BCUT2D eigenvalue weighted by atomic mass is 9.73. The zero-order chi connectivity index (χ0) is 19.4. The van der Waals surface area contributed by atoms with E-state index < -0.39 is 11.9 Å². The SMILES string of the molecule is CCOC(=O)C1C(=O)C=C(c2ccc(C)cc2)CC1c1ccccc1OC. The summed E-state index contributed by atoms with van der Waals surface area (Å²) < 4.78 is 10.7. The third-order valence-electron chi connectivity index (χ3n) is 4.97. The minimum absolute atomic E-state index is 0.216. The van der Waals surface area contributed by atoms with E-state index in [4.69, 9.17) is 9.47 Å². The van der Waals surface area contributed by atoms with E-state index in [1.807, 2.05) is 55.5 Å². The van der Waals surface area contributed by atoms with Crippen molar-refractivity contribution in [2.24, 2.45) is 5.92 Å². The summed E-state index contributed by atoms with van der Waals surface area (Å²) in [6.45, 7) is 4.02. The van der Waals surface area contributed by atoms with Crippen molar-refractivity contribution in [3.8, 4) is 5.75 Å². The predicted molar refractivity (Wildman–Crippen MR) is 105 cm³/mol. The summed E-state index contributed by atoms with van der Waals surface area (Å²) in [5.41, 5.74) is 3.93. The molecule has 2 aromatic rings. The van der Waals surface area contributed by atoms with Gasteiger partial charge in [-0.25, -0.2) is 0 Å². The van der Waals surface area contributed by atoms with Gasteiger partial charge in [-0.3, -0.25) is 9.59 Å². The zero-order valence-electron chi connectivity index (χ0n) is 15.9. The Kier molecular flexibility index (Phi) is 5.75. The standard InChI is InChI=1S/C23H24O4/c1-4-27-23(25)22-19(18-7-5-6-8-21(18)26-3)13-17(14-20(22)24)16-11-9-15(2)10-12-16/h5-12,14,19,22H,4,13H2,1-3H3. The van der Waals surface area contributed by atoms with E-state index in [-0.39, 0.29) is 18.3 Å². The molecule has 0 amide bonds. The Hall–Kier alpha value is -2.88. The molecule has 0 spiro atoms. The van der Waals surface area contributed by atoms with E-state index in [0.29, 0.717) is 12.2 Å². The van der Waals surface area contributed by atoms with Crippen molar-refractivity contribution in [1.82, 2.24) is 0 Å². The van der Waals surface area contributed by atoms with Gasteiger partial charge in [0.15, 0.2) is 5.78 Å². The average Bonchev–Trinajstić information content (AvgIpc) is 2.68. The summed E-state index contributed by atoms with van der Waals surface area (Å²) in [5, 5.41) is 0. The molecule has 1 aliphatic carbocycles. The third kappa shape index (κ3) is 3.95. The lowest BCUT2D eigenvalue weighted by Crippen LogP contribution is -2.34. The second-order valence-corrected chi connectivity index (χ2v) is 6.72. The van der Waals surface area contributed by atoms with Gasteiger partial charge in [0.2, 0.25) is 0 Å². The van der Waals surface area contributed by atoms with Gasteiger partial charge in [0.25, 0.3) is 0 Å². The van der Waals surface area contributed by atoms with Crippen molar-refractivity contribution in [1.29, 1.82) is 0 Å². The molecule has 140 valence electrons. The summed E-state index contributed by atoms with van der Waals surface area (Å²) in [6, 6.07) is 15.6. The Balaban J connectivity index is 2.06. The molecule has 0 aliphatic heterocycles. The number of carbonyl (C=O) groups excluding carboxylic acids is 2. The number of hydrogen-bond donors (Lipinski definition) is 0. The Morgan fingerprint density at radius 1 is 1.11 bits per heavy atom. The Morgan fingerprint density at radius 3 is 2.48 bits per heavy atom. The fraction of sp³-hybridized carbons (Fsp3) is 0.304. The normalized spacial score (nSPS) is 19.4. The first kappa shape index (κ1) is 18.9. The van der Waals surface area contributed by atoms with Crippen LogP contribution in [0.3, 0.4) is 0 Å². The topological polar surface area (TPSA) is 52.6 Å². The number of ketones is 1. The average molecular weight is 364 g/mol. The van der Waals surface area contributed by atoms with Crippen LogP contribution in [0.4, 0.5) is 0 Å². The molecule has 0 saturated carbocycles. The minimum Gasteiger partial charge on any atom is -0.496 e. The molecule has 1 aliphatic rings. The number of para-hydroxylation sites is 1. The van der Waals surface area contributed by atoms with Crippen LogP contribution in [0.5, 0.6) is 5.75 Å². The number of hydrogen-bond acceptors (Lipinski definition) is 4. The van der Waals surface area contributed by atoms with Gasteiger partial charge in [0.1, 0.15) is 11.7 Å². The molecule has 2 atom stereocenters. The number of allylic oxidation sites excluding steroid dienone is 2. The summed E-state index contributed by atoms with van der Waals surface area (Å²) in [6.07, 6.45) is 2.16. The second kappa shape index (κ2) is 8.21. The largest absolute Gasteiger partial charge is 0.496 e. The van der Waals surface area contributed by atoms with Gasteiger partial charge >= 0.3 is 5.97 Å². The number of benzene rings is 2. The van der Waals surface area contributed by atoms with E-state index in [0.717, 1.165) is 22.3 Å². The van der Waals surface area contributed by atoms with Crippen LogP contribution >= 0.6 is 0 Å². The van der Waals surface area contributed by atoms with Crippen LogP contribution in [0, 0.1) is 12.8 Å². The quantitative estimate of drug-likeness (QED) is 0.586. The fourth-order valence-corrected chi connectivity index (χ4v) is 3.62. The number of esters is 1. The summed E-state index contributed by atoms with van der Waals surface area (Å²) in [7, 11) is 1.60. The molecular weight excluding hydrogens is 340 g/mol. The molecule has 3 rings (SSSR count). The van der Waals surface area contributed by atoms with Gasteiger partial charge < -0.3 is 9.47 Å². The van der Waals surface area contributed by atoms with Crippen molar-refractivity contribution in [3.63, 3.8) is 0 Å². The number of ether oxygens (including phenoxy) is 2. The van der Waals surface area contributed by atoms with Gasteiger partial charge in [-0.2, -0.15) is 0 Å². The molecule has 0 N–H and O–H groups in total. The number of aryl methyl sites for hydroxylation is 1. The Bertz CT molecular complexity index is 864. The van der Waals surface area contributed by atoms with Crippen LogP contribution in [0.2, 0.25) is 0 Å². The van der Waals surface area contributed by atoms with E-state index in [9.17, 15) is 9.59 Å². The molecule has 2 aromatic carbocycles. The van der Waals surface area contributed by atoms with Crippen LogP contribution in [-0.2, 0) is 14.3 Å². The van der Waals surface area contributed by atoms with Gasteiger partial charge in [0.05, 0.1) is 13.7 Å². The van der Waals surface area contributed by atoms with Crippen LogP contribution in [0.15, 0.2) is 54.6 Å². The van der Waals surface area contributed by atoms with Gasteiger partial charge in [-0.15, -0.1) is 0 Å². The molecule has 0 fully saturated rings. The monoisotopic (exact) mass is 364 g/mol. The first-order valence-electron chi connectivity index (χ1n) is 9.16. The lowest BCUT2D eigenvalue weighted by Gasteiger charge is -2.30. The van der Waals surface area contributed by atoms with Crippen molar-refractivity contribution in [2.75, 3.05) is 13.7 Å². The third-order valence-corrected chi connectivity index (χ3v) is 4.97. The van der Waals surface area contributed by atoms with Crippen LogP contribution in [0.1, 0.15) is 36.0 Å². The molecule has 2 unspecified atom stereocenters. The second-order valence-electron chi connectivity index (χ2n) is 6.72.